The van der Waals surface area contributed by atoms with E-state index in [1.54, 1.807) is 0 Å². The molecule has 3 atom stereocenters. The first-order valence-corrected chi connectivity index (χ1v) is 31.0. The number of aliphatic hydroxyl groups excluding tert-OH is 1. The van der Waals surface area contributed by atoms with Gasteiger partial charge in [-0.3, -0.25) is 23.4 Å². The number of hydrogen-bond donors (Lipinski definition) is 2. The highest BCUT2D eigenvalue weighted by Crippen LogP contribution is 2.43. The van der Waals surface area contributed by atoms with Gasteiger partial charge in [0.15, 0.2) is 6.10 Å². The number of esters is 3. The van der Waals surface area contributed by atoms with Gasteiger partial charge in [0.05, 0.1) is 19.8 Å². The lowest BCUT2D eigenvalue weighted by Crippen LogP contribution is -2.30. The maximum Gasteiger partial charge on any atom is 0.472 e. The summed E-state index contributed by atoms with van der Waals surface area (Å²) in [5, 5.41) is 9.79. The van der Waals surface area contributed by atoms with Gasteiger partial charge < -0.3 is 24.2 Å². The Balaban J connectivity index is 4.74. The molecule has 12 heteroatoms. The van der Waals surface area contributed by atoms with Crippen molar-refractivity contribution in [3.8, 4) is 0 Å². The smallest absolute Gasteiger partial charge is 0.462 e. The molecule has 0 aromatic carbocycles. The Labute approximate surface area is 441 Å². The minimum Gasteiger partial charge on any atom is -0.462 e. The predicted molar refractivity (Wildman–Crippen MR) is 298 cm³/mol. The summed E-state index contributed by atoms with van der Waals surface area (Å²) in [7, 11) is -4.76. The average Bonchev–Trinajstić information content (AvgIpc) is 3.37. The number of hydrogen-bond acceptors (Lipinski definition) is 10. The van der Waals surface area contributed by atoms with Crippen LogP contribution in [0.5, 0.6) is 0 Å². The molecule has 72 heavy (non-hydrogen) atoms. The third-order valence-electron chi connectivity index (χ3n) is 12.8. The minimum absolute atomic E-state index is 0.0582. The molecule has 0 heterocycles. The van der Waals surface area contributed by atoms with Crippen LogP contribution in [0.25, 0.3) is 0 Å². The van der Waals surface area contributed by atoms with E-state index in [2.05, 4.69) is 57.2 Å². The molecule has 0 amide bonds. The standard InChI is InChI=1S/C60H109O11P/c1-4-7-10-13-16-19-22-25-27-28-30-33-36-39-42-45-48-51-60(64)71-57(53-67-58(62)49-46-43-40-37-34-32-29-26-23-20-17-14-11-8-5-2)55-69-72(65,66)68-54-56(52-61)70-59(63)50-47-44-41-38-35-31-24-21-18-15-12-9-6-3/h9,12,18,21,31,35,41,44,56-57,61H,4-8,10-11,13-17,19-20,22-30,32-34,36-40,42-43,45-55H2,1-3H3,(H,65,66)/b12-9-,21-18-,35-31-,44-41-. The zero-order chi connectivity index (χ0) is 52.7. The van der Waals surface area contributed by atoms with Gasteiger partial charge in [0, 0.05) is 19.3 Å². The molecule has 0 radical (unpaired) electrons. The number of allylic oxidation sites excluding steroid dienone is 8. The van der Waals surface area contributed by atoms with Gasteiger partial charge in [0.2, 0.25) is 0 Å². The van der Waals surface area contributed by atoms with Crippen molar-refractivity contribution >= 4 is 25.7 Å². The van der Waals surface area contributed by atoms with Gasteiger partial charge in [-0.1, -0.05) is 262 Å². The summed E-state index contributed by atoms with van der Waals surface area (Å²) in [6.07, 6.45) is 58.0. The van der Waals surface area contributed by atoms with Gasteiger partial charge in [-0.2, -0.15) is 0 Å². The maximum atomic E-state index is 12.9. The molecule has 0 spiro atoms. The molecule has 0 saturated carbocycles. The van der Waals surface area contributed by atoms with Crippen LogP contribution in [0.3, 0.4) is 0 Å². The third-order valence-corrected chi connectivity index (χ3v) is 13.7. The highest BCUT2D eigenvalue weighted by Gasteiger charge is 2.28. The van der Waals surface area contributed by atoms with Crippen molar-refractivity contribution in [2.75, 3.05) is 26.4 Å². The Morgan fingerprint density at radius 3 is 1.11 bits per heavy atom. The van der Waals surface area contributed by atoms with E-state index in [1.165, 1.54) is 154 Å². The number of rotatable bonds is 55. The maximum absolute atomic E-state index is 12.9. The van der Waals surface area contributed by atoms with Crippen LogP contribution in [-0.4, -0.2) is 66.5 Å². The molecule has 0 aliphatic rings. The van der Waals surface area contributed by atoms with E-state index in [9.17, 15) is 28.9 Å². The molecule has 0 fully saturated rings. The number of ether oxygens (including phenoxy) is 3. The number of carbonyl (C=O) groups is 3. The van der Waals surface area contributed by atoms with Gasteiger partial charge in [0.25, 0.3) is 0 Å². The summed E-state index contributed by atoms with van der Waals surface area (Å²) in [6.45, 7) is 4.49. The van der Waals surface area contributed by atoms with Crippen LogP contribution in [0.15, 0.2) is 48.6 Å². The Bertz CT molecular complexity index is 1400. The zero-order valence-electron chi connectivity index (χ0n) is 46.4. The molecule has 0 aliphatic heterocycles. The first kappa shape index (κ1) is 69.4. The lowest BCUT2D eigenvalue weighted by atomic mass is 10.0. The molecule has 0 aromatic heterocycles. The SMILES string of the molecule is CC/C=C\C/C=C\C/C=C\C/C=C\CCC(=O)OC(CO)COP(=O)(O)OCC(COC(=O)CCCCCCCCCCCCCCCCC)OC(=O)CCCCCCCCCCCCCCCCCCC. The van der Waals surface area contributed by atoms with Crippen LogP contribution in [0.4, 0.5) is 0 Å². The van der Waals surface area contributed by atoms with Crippen molar-refractivity contribution in [2.45, 2.75) is 290 Å². The van der Waals surface area contributed by atoms with Gasteiger partial charge in [-0.25, -0.2) is 4.57 Å². The normalized spacial score (nSPS) is 13.7. The van der Waals surface area contributed by atoms with E-state index < -0.39 is 57.8 Å². The fourth-order valence-corrected chi connectivity index (χ4v) is 9.10. The number of phosphoric acid groups is 1. The molecular weight excluding hydrogens is 928 g/mol. The first-order valence-electron chi connectivity index (χ1n) is 29.5. The van der Waals surface area contributed by atoms with Gasteiger partial charge in [-0.15, -0.1) is 0 Å². The molecule has 3 unspecified atom stereocenters. The molecular formula is C60H109O11P. The molecule has 0 saturated heterocycles. The quantitative estimate of drug-likeness (QED) is 0.0197. The summed E-state index contributed by atoms with van der Waals surface area (Å²) >= 11 is 0. The minimum atomic E-state index is -4.76. The van der Waals surface area contributed by atoms with Gasteiger partial charge in [-0.05, 0) is 44.9 Å². The van der Waals surface area contributed by atoms with Crippen LogP contribution < -0.4 is 0 Å². The summed E-state index contributed by atoms with van der Waals surface area (Å²) in [5.41, 5.74) is 0. The van der Waals surface area contributed by atoms with Crippen LogP contribution in [-0.2, 0) is 42.2 Å². The fourth-order valence-electron chi connectivity index (χ4n) is 8.31. The molecule has 420 valence electrons. The summed E-state index contributed by atoms with van der Waals surface area (Å²) in [4.78, 5) is 48.5. The number of aliphatic hydroxyl groups is 1. The largest absolute Gasteiger partial charge is 0.472 e. The van der Waals surface area contributed by atoms with Crippen molar-refractivity contribution in [2.24, 2.45) is 0 Å². The van der Waals surface area contributed by atoms with E-state index >= 15 is 0 Å². The molecule has 0 rings (SSSR count). The number of unbranched alkanes of at least 4 members (excludes halogenated alkanes) is 30. The third kappa shape index (κ3) is 52.3. The van der Waals surface area contributed by atoms with Gasteiger partial charge in [0.1, 0.15) is 12.7 Å². The van der Waals surface area contributed by atoms with Crippen molar-refractivity contribution in [1.29, 1.82) is 0 Å². The van der Waals surface area contributed by atoms with Crippen molar-refractivity contribution < 1.29 is 52.2 Å². The van der Waals surface area contributed by atoms with Crippen molar-refractivity contribution in [3.63, 3.8) is 0 Å². The Morgan fingerprint density at radius 1 is 0.403 bits per heavy atom. The second kappa shape index (κ2) is 54.7. The lowest BCUT2D eigenvalue weighted by molar-refractivity contribution is -0.161. The second-order valence-corrected chi connectivity index (χ2v) is 21.2. The number of carbonyl (C=O) groups excluding carboxylic acids is 3. The molecule has 0 bridgehead atoms. The number of phosphoric ester groups is 1. The van der Waals surface area contributed by atoms with E-state index in [0.29, 0.717) is 19.3 Å². The van der Waals surface area contributed by atoms with Crippen LogP contribution in [0, 0.1) is 0 Å². The Morgan fingerprint density at radius 2 is 0.722 bits per heavy atom. The van der Waals surface area contributed by atoms with Crippen molar-refractivity contribution in [1.82, 2.24) is 0 Å². The van der Waals surface area contributed by atoms with Crippen LogP contribution >= 0.6 is 7.82 Å². The molecule has 2 N–H and O–H groups in total. The van der Waals surface area contributed by atoms with Crippen LogP contribution in [0.1, 0.15) is 278 Å². The van der Waals surface area contributed by atoms with Crippen molar-refractivity contribution in [3.05, 3.63) is 48.6 Å². The molecule has 0 aromatic rings. The Kier molecular flexibility index (Phi) is 52.7. The topological polar surface area (TPSA) is 155 Å². The summed E-state index contributed by atoms with van der Waals surface area (Å²) in [5.74, 6) is -1.53. The lowest BCUT2D eigenvalue weighted by Gasteiger charge is -2.21. The zero-order valence-corrected chi connectivity index (χ0v) is 47.3. The highest BCUT2D eigenvalue weighted by atomic mass is 31.2. The van der Waals surface area contributed by atoms with Gasteiger partial charge >= 0.3 is 25.7 Å². The highest BCUT2D eigenvalue weighted by molar-refractivity contribution is 7.47. The fraction of sp³-hybridized carbons (Fsp3) is 0.817. The monoisotopic (exact) mass is 1040 g/mol. The predicted octanol–water partition coefficient (Wildman–Crippen LogP) is 17.4. The molecule has 0 aliphatic carbocycles. The van der Waals surface area contributed by atoms with E-state index in [0.717, 1.165) is 64.2 Å². The Hall–Kier alpha value is -2.56. The first-order chi connectivity index (χ1) is 35.2. The average molecular weight is 1040 g/mol. The van der Waals surface area contributed by atoms with Crippen LogP contribution in [0.2, 0.25) is 0 Å². The summed E-state index contributed by atoms with van der Waals surface area (Å²) < 4.78 is 39.5. The van der Waals surface area contributed by atoms with E-state index in [4.69, 9.17) is 23.3 Å². The molecule has 11 nitrogen and oxygen atoms in total. The van der Waals surface area contributed by atoms with E-state index in [1.807, 2.05) is 12.2 Å². The van der Waals surface area contributed by atoms with E-state index in [-0.39, 0.29) is 25.9 Å². The second-order valence-electron chi connectivity index (χ2n) is 19.8. The summed E-state index contributed by atoms with van der Waals surface area (Å²) in [6, 6.07) is 0.